The molecule has 1 N–H and O–H groups in total. The van der Waals surface area contributed by atoms with Crippen LogP contribution in [0.15, 0.2) is 48.5 Å². The van der Waals surface area contributed by atoms with E-state index >= 15 is 0 Å². The molecule has 2 aromatic carbocycles. The standard InChI is InChI=1S/C25H30FN3O2/c26-22-8-3-5-19(17-22)12-15-29-18-21(10-11-24(29)30)25(31)27-13-16-28-14-4-7-20-6-1-2-9-23(20)28/h1-3,5-6,8-9,17,21H,4,7,10-16,18H2,(H,27,31)/t21-/m0/s1. The van der Waals surface area contributed by atoms with Crippen molar-refractivity contribution in [1.82, 2.24) is 10.2 Å². The number of amides is 2. The highest BCUT2D eigenvalue weighted by atomic mass is 19.1. The van der Waals surface area contributed by atoms with Gasteiger partial charge < -0.3 is 15.1 Å². The maximum Gasteiger partial charge on any atom is 0.224 e. The van der Waals surface area contributed by atoms with Gasteiger partial charge in [-0.1, -0.05) is 30.3 Å². The average Bonchev–Trinajstić information content (AvgIpc) is 2.78. The van der Waals surface area contributed by atoms with Crippen LogP contribution in [-0.4, -0.2) is 49.4 Å². The normalized spacial score (nSPS) is 18.6. The van der Waals surface area contributed by atoms with E-state index < -0.39 is 0 Å². The smallest absolute Gasteiger partial charge is 0.224 e. The van der Waals surface area contributed by atoms with E-state index in [-0.39, 0.29) is 23.5 Å². The van der Waals surface area contributed by atoms with E-state index in [1.807, 2.05) is 6.07 Å². The summed E-state index contributed by atoms with van der Waals surface area (Å²) in [4.78, 5) is 29.1. The fraction of sp³-hybridized carbons (Fsp3) is 0.440. The number of rotatable bonds is 7. The second-order valence-electron chi connectivity index (χ2n) is 8.47. The third-order valence-corrected chi connectivity index (χ3v) is 6.32. The Morgan fingerprint density at radius 2 is 1.94 bits per heavy atom. The zero-order valence-electron chi connectivity index (χ0n) is 17.9. The molecule has 0 aliphatic carbocycles. The van der Waals surface area contributed by atoms with E-state index in [0.717, 1.165) is 31.5 Å². The molecule has 31 heavy (non-hydrogen) atoms. The van der Waals surface area contributed by atoms with Gasteiger partial charge in [0.1, 0.15) is 5.82 Å². The number of carbonyl (C=O) groups is 2. The molecular weight excluding hydrogens is 393 g/mol. The number of likely N-dealkylation sites (tertiary alicyclic amines) is 1. The fourth-order valence-corrected chi connectivity index (χ4v) is 4.60. The first-order valence-electron chi connectivity index (χ1n) is 11.2. The molecule has 6 heteroatoms. The summed E-state index contributed by atoms with van der Waals surface area (Å²) in [6, 6.07) is 14.9. The van der Waals surface area contributed by atoms with Crippen molar-refractivity contribution in [1.29, 1.82) is 0 Å². The molecule has 2 amide bonds. The molecule has 0 radical (unpaired) electrons. The Kier molecular flexibility index (Phi) is 6.85. The fourth-order valence-electron chi connectivity index (χ4n) is 4.60. The Balaban J connectivity index is 1.25. The summed E-state index contributed by atoms with van der Waals surface area (Å²) < 4.78 is 13.4. The van der Waals surface area contributed by atoms with Crippen molar-refractivity contribution < 1.29 is 14.0 Å². The summed E-state index contributed by atoms with van der Waals surface area (Å²) in [6.45, 7) is 3.35. The lowest BCUT2D eigenvalue weighted by molar-refractivity contribution is -0.138. The van der Waals surface area contributed by atoms with Gasteiger partial charge in [-0.3, -0.25) is 9.59 Å². The molecule has 1 saturated heterocycles. The first kappa shape index (κ1) is 21.3. The average molecular weight is 424 g/mol. The number of aryl methyl sites for hydroxylation is 1. The maximum atomic E-state index is 13.4. The number of benzene rings is 2. The minimum atomic E-state index is -0.268. The van der Waals surface area contributed by atoms with Gasteiger partial charge in [-0.2, -0.15) is 0 Å². The number of hydrogen-bond acceptors (Lipinski definition) is 3. The van der Waals surface area contributed by atoms with E-state index in [0.29, 0.717) is 38.9 Å². The molecular formula is C25H30FN3O2. The lowest BCUT2D eigenvalue weighted by atomic mass is 9.96. The van der Waals surface area contributed by atoms with Gasteiger partial charge in [0.25, 0.3) is 0 Å². The van der Waals surface area contributed by atoms with Gasteiger partial charge in [0, 0.05) is 44.8 Å². The summed E-state index contributed by atoms with van der Waals surface area (Å²) in [6.07, 6.45) is 3.82. The van der Waals surface area contributed by atoms with Crippen LogP contribution in [0, 0.1) is 11.7 Å². The van der Waals surface area contributed by atoms with Crippen LogP contribution >= 0.6 is 0 Å². The van der Waals surface area contributed by atoms with Crippen LogP contribution in [0.2, 0.25) is 0 Å². The molecule has 0 spiro atoms. The van der Waals surface area contributed by atoms with Crippen molar-refractivity contribution in [2.75, 3.05) is 37.6 Å². The van der Waals surface area contributed by atoms with Crippen molar-refractivity contribution in [2.24, 2.45) is 5.92 Å². The van der Waals surface area contributed by atoms with Crippen LogP contribution in [0.25, 0.3) is 0 Å². The number of para-hydroxylation sites is 1. The highest BCUT2D eigenvalue weighted by Gasteiger charge is 2.30. The molecule has 1 fully saturated rings. The SMILES string of the molecule is O=C(NCCN1CCCc2ccccc21)[C@H]1CCC(=O)N(CCc2cccc(F)c2)C1. The zero-order chi connectivity index (χ0) is 21.6. The minimum absolute atomic E-state index is 0.0218. The first-order chi connectivity index (χ1) is 15.1. The third-order valence-electron chi connectivity index (χ3n) is 6.32. The van der Waals surface area contributed by atoms with E-state index in [4.69, 9.17) is 0 Å². The van der Waals surface area contributed by atoms with Crippen LogP contribution in [-0.2, 0) is 22.4 Å². The van der Waals surface area contributed by atoms with Gasteiger partial charge in [-0.05, 0) is 55.0 Å². The van der Waals surface area contributed by atoms with Gasteiger partial charge in [-0.15, -0.1) is 0 Å². The number of anilines is 1. The van der Waals surface area contributed by atoms with Crippen LogP contribution in [0.1, 0.15) is 30.4 Å². The molecule has 164 valence electrons. The predicted octanol–water partition coefficient (Wildman–Crippen LogP) is 3.18. The molecule has 1 atom stereocenters. The van der Waals surface area contributed by atoms with E-state index in [1.165, 1.54) is 23.4 Å². The number of halogens is 1. The van der Waals surface area contributed by atoms with Crippen molar-refractivity contribution >= 4 is 17.5 Å². The monoisotopic (exact) mass is 423 g/mol. The van der Waals surface area contributed by atoms with Crippen LogP contribution < -0.4 is 10.2 Å². The first-order valence-corrected chi connectivity index (χ1v) is 11.2. The number of carbonyl (C=O) groups excluding carboxylic acids is 2. The molecule has 0 aromatic heterocycles. The second-order valence-corrected chi connectivity index (χ2v) is 8.47. The number of fused-ring (bicyclic) bond motifs is 1. The molecule has 2 heterocycles. The Morgan fingerprint density at radius 1 is 1.06 bits per heavy atom. The number of nitrogens with zero attached hydrogens (tertiary/aromatic N) is 2. The number of piperidine rings is 1. The number of hydrogen-bond donors (Lipinski definition) is 1. The molecule has 0 saturated carbocycles. The van der Waals surface area contributed by atoms with Crippen molar-refractivity contribution in [3.63, 3.8) is 0 Å². The largest absolute Gasteiger partial charge is 0.370 e. The molecule has 2 aliphatic heterocycles. The van der Waals surface area contributed by atoms with E-state index in [2.05, 4.69) is 34.5 Å². The lowest BCUT2D eigenvalue weighted by Crippen LogP contribution is -2.47. The van der Waals surface area contributed by atoms with E-state index in [9.17, 15) is 14.0 Å². The summed E-state index contributed by atoms with van der Waals surface area (Å²) in [7, 11) is 0. The van der Waals surface area contributed by atoms with Gasteiger partial charge in [0.05, 0.1) is 5.92 Å². The van der Waals surface area contributed by atoms with Gasteiger partial charge >= 0.3 is 0 Å². The van der Waals surface area contributed by atoms with Gasteiger partial charge in [0.2, 0.25) is 11.8 Å². The highest BCUT2D eigenvalue weighted by molar-refractivity contribution is 5.83. The molecule has 5 nitrogen and oxygen atoms in total. The summed E-state index contributed by atoms with van der Waals surface area (Å²) in [5.41, 5.74) is 3.51. The summed E-state index contributed by atoms with van der Waals surface area (Å²) in [5, 5.41) is 3.08. The second kappa shape index (κ2) is 9.94. The Hall–Kier alpha value is -2.89. The molecule has 4 rings (SSSR count). The molecule has 2 aromatic rings. The summed E-state index contributed by atoms with van der Waals surface area (Å²) in [5.74, 6) is -0.353. The van der Waals surface area contributed by atoms with Crippen LogP contribution in [0.3, 0.4) is 0 Å². The van der Waals surface area contributed by atoms with Gasteiger partial charge in [-0.25, -0.2) is 4.39 Å². The Morgan fingerprint density at radius 3 is 2.81 bits per heavy atom. The van der Waals surface area contributed by atoms with Gasteiger partial charge in [0.15, 0.2) is 0 Å². The summed E-state index contributed by atoms with van der Waals surface area (Å²) >= 11 is 0. The van der Waals surface area contributed by atoms with Crippen LogP contribution in [0.5, 0.6) is 0 Å². The van der Waals surface area contributed by atoms with Crippen LogP contribution in [0.4, 0.5) is 10.1 Å². The lowest BCUT2D eigenvalue weighted by Gasteiger charge is -2.33. The molecule has 0 bridgehead atoms. The Bertz CT molecular complexity index is 932. The van der Waals surface area contributed by atoms with E-state index in [1.54, 1.807) is 11.0 Å². The van der Waals surface area contributed by atoms with Crippen molar-refractivity contribution in [3.05, 3.63) is 65.5 Å². The minimum Gasteiger partial charge on any atom is -0.370 e. The van der Waals surface area contributed by atoms with Crippen molar-refractivity contribution in [2.45, 2.75) is 32.1 Å². The highest BCUT2D eigenvalue weighted by Crippen LogP contribution is 2.26. The molecule has 2 aliphatic rings. The maximum absolute atomic E-state index is 13.4. The predicted molar refractivity (Wildman–Crippen MR) is 119 cm³/mol. The Labute approximate surface area is 183 Å². The number of nitrogens with one attached hydrogen (secondary N) is 1. The molecule has 0 unspecified atom stereocenters. The zero-order valence-corrected chi connectivity index (χ0v) is 17.9. The third kappa shape index (κ3) is 5.43. The quantitative estimate of drug-likeness (QED) is 0.744. The topological polar surface area (TPSA) is 52.7 Å². The van der Waals surface area contributed by atoms with Crippen molar-refractivity contribution in [3.8, 4) is 0 Å².